The van der Waals surface area contributed by atoms with Crippen molar-refractivity contribution in [2.75, 3.05) is 11.6 Å². The summed E-state index contributed by atoms with van der Waals surface area (Å²) in [6.07, 6.45) is 5.99. The van der Waals surface area contributed by atoms with Crippen LogP contribution in [-0.2, 0) is 5.41 Å². The molecule has 1 fully saturated rings. The molecule has 0 radical (unpaired) electrons. The third kappa shape index (κ3) is 1.74. The minimum atomic E-state index is 0.116. The predicted molar refractivity (Wildman–Crippen MR) is 96.3 cm³/mol. The summed E-state index contributed by atoms with van der Waals surface area (Å²) >= 11 is 6.30. The van der Waals surface area contributed by atoms with Crippen LogP contribution in [0.25, 0.3) is 23.2 Å². The number of benzene rings is 1. The Labute approximate surface area is 154 Å². The summed E-state index contributed by atoms with van der Waals surface area (Å²) in [4.78, 5) is 2.15. The monoisotopic (exact) mass is 366 g/mol. The highest BCUT2D eigenvalue weighted by Crippen LogP contribution is 2.48. The van der Waals surface area contributed by atoms with Crippen molar-refractivity contribution in [1.82, 2.24) is 34.2 Å². The number of aromatic nitrogens is 6. The molecule has 1 aromatic carbocycles. The lowest BCUT2D eigenvalue weighted by Gasteiger charge is -2.30. The molecule has 1 saturated carbocycles. The predicted octanol–water partition coefficient (Wildman–Crippen LogP) is 2.58. The van der Waals surface area contributed by atoms with E-state index in [-0.39, 0.29) is 5.41 Å². The van der Waals surface area contributed by atoms with Gasteiger partial charge in [0.05, 0.1) is 23.8 Å². The average Bonchev–Trinajstić information content (AvgIpc) is 3.05. The first kappa shape index (κ1) is 14.3. The van der Waals surface area contributed by atoms with Gasteiger partial charge in [-0.1, -0.05) is 24.3 Å². The summed E-state index contributed by atoms with van der Waals surface area (Å²) in [5.41, 5.74) is 3.28. The van der Waals surface area contributed by atoms with Crippen LogP contribution in [0.1, 0.15) is 25.5 Å². The molecule has 0 amide bonds. The number of nitrogens with zero attached hydrogens (tertiary/aromatic N) is 8. The Balaban J connectivity index is 1.62. The molecule has 2 aromatic heterocycles. The van der Waals surface area contributed by atoms with Gasteiger partial charge in [-0.3, -0.25) is 4.42 Å². The molecule has 0 unspecified atom stereocenters. The Morgan fingerprint density at radius 2 is 2.00 bits per heavy atom. The molecule has 26 heavy (non-hydrogen) atoms. The lowest BCUT2D eigenvalue weighted by molar-refractivity contribution is 0.641. The second kappa shape index (κ2) is 4.64. The van der Waals surface area contributed by atoms with E-state index in [0.717, 1.165) is 41.4 Å². The van der Waals surface area contributed by atoms with Crippen LogP contribution in [0.5, 0.6) is 0 Å². The van der Waals surface area contributed by atoms with Gasteiger partial charge in [0.1, 0.15) is 12.5 Å². The second-order valence-electron chi connectivity index (χ2n) is 7.22. The second-order valence-corrected chi connectivity index (χ2v) is 7.66. The maximum absolute atomic E-state index is 6.30. The van der Waals surface area contributed by atoms with Gasteiger partial charge in [-0.2, -0.15) is 4.68 Å². The number of hydrogen-bond donors (Lipinski definition) is 0. The Morgan fingerprint density at radius 3 is 2.85 bits per heavy atom. The van der Waals surface area contributed by atoms with Gasteiger partial charge < -0.3 is 4.90 Å². The van der Waals surface area contributed by atoms with Crippen molar-refractivity contribution in [3.63, 3.8) is 0 Å². The highest BCUT2D eigenvalue weighted by Gasteiger charge is 2.44. The summed E-state index contributed by atoms with van der Waals surface area (Å²) in [7, 11) is 0. The van der Waals surface area contributed by atoms with Crippen LogP contribution in [0.3, 0.4) is 0 Å². The molecule has 3 aliphatic rings. The zero-order valence-electron chi connectivity index (χ0n) is 14.0. The normalized spacial score (nSPS) is 19.1. The van der Waals surface area contributed by atoms with Crippen LogP contribution in [0.2, 0.25) is 0 Å². The SMILES string of the molecule is CC1(c2cnnn2-c2nnc3n2C2=CN(Cl)CN2c2ccccc2-3)CC1. The number of fused-ring (bicyclic) bond motifs is 6. The van der Waals surface area contributed by atoms with Crippen LogP contribution in [0.4, 0.5) is 5.69 Å². The molecule has 0 atom stereocenters. The van der Waals surface area contributed by atoms with E-state index in [1.165, 1.54) is 0 Å². The van der Waals surface area contributed by atoms with Gasteiger partial charge in [-0.25, -0.2) is 4.57 Å². The first-order valence-electron chi connectivity index (χ1n) is 8.54. The van der Waals surface area contributed by atoms with E-state index in [2.05, 4.69) is 44.5 Å². The lowest BCUT2D eigenvalue weighted by atomic mass is 10.1. The van der Waals surface area contributed by atoms with Gasteiger partial charge in [0.15, 0.2) is 5.82 Å². The third-order valence-electron chi connectivity index (χ3n) is 5.48. The van der Waals surface area contributed by atoms with E-state index >= 15 is 0 Å². The molecule has 0 spiro atoms. The van der Waals surface area contributed by atoms with Crippen molar-refractivity contribution in [3.8, 4) is 17.3 Å². The van der Waals surface area contributed by atoms with Gasteiger partial charge in [0.25, 0.3) is 5.95 Å². The molecule has 9 heteroatoms. The number of para-hydroxylation sites is 1. The standard InChI is InChI=1S/C17H15ClN8/c1-17(6-7-17)13-8-19-22-26(13)16-21-20-15-11-4-2-3-5-12(11)24-10-23(18)9-14(24)25(15)16/h2-5,8-9H,6-7,10H2,1H3. The van der Waals surface area contributed by atoms with E-state index in [1.807, 2.05) is 33.8 Å². The van der Waals surface area contributed by atoms with E-state index < -0.39 is 0 Å². The van der Waals surface area contributed by atoms with Crippen LogP contribution in [0, 0.1) is 0 Å². The van der Waals surface area contributed by atoms with Gasteiger partial charge in [0, 0.05) is 22.8 Å². The quantitative estimate of drug-likeness (QED) is 0.649. The van der Waals surface area contributed by atoms with Crippen molar-refractivity contribution in [2.45, 2.75) is 25.2 Å². The molecule has 8 nitrogen and oxygen atoms in total. The smallest absolute Gasteiger partial charge is 0.259 e. The van der Waals surface area contributed by atoms with Gasteiger partial charge in [-0.05, 0) is 25.0 Å². The van der Waals surface area contributed by atoms with Crippen molar-refractivity contribution >= 4 is 23.3 Å². The zero-order chi connectivity index (χ0) is 17.5. The first-order chi connectivity index (χ1) is 12.7. The minimum absolute atomic E-state index is 0.116. The van der Waals surface area contributed by atoms with E-state index in [4.69, 9.17) is 11.8 Å². The first-order valence-corrected chi connectivity index (χ1v) is 8.88. The van der Waals surface area contributed by atoms with Crippen molar-refractivity contribution in [1.29, 1.82) is 0 Å². The van der Waals surface area contributed by atoms with Crippen LogP contribution in [-0.4, -0.2) is 40.8 Å². The average molecular weight is 367 g/mol. The molecule has 6 rings (SSSR count). The molecule has 2 aliphatic heterocycles. The summed E-state index contributed by atoms with van der Waals surface area (Å²) < 4.78 is 5.46. The van der Waals surface area contributed by atoms with Crippen molar-refractivity contribution in [3.05, 3.63) is 42.4 Å². The molecule has 3 aromatic rings. The minimum Gasteiger partial charge on any atom is -0.306 e. The number of anilines is 1. The fraction of sp³-hybridized carbons (Fsp3) is 0.294. The van der Waals surface area contributed by atoms with E-state index in [9.17, 15) is 0 Å². The maximum Gasteiger partial charge on any atom is 0.259 e. The largest absolute Gasteiger partial charge is 0.306 e. The summed E-state index contributed by atoms with van der Waals surface area (Å²) in [6.45, 7) is 2.79. The van der Waals surface area contributed by atoms with E-state index in [0.29, 0.717) is 12.6 Å². The molecule has 1 aliphatic carbocycles. The fourth-order valence-electron chi connectivity index (χ4n) is 3.76. The van der Waals surface area contributed by atoms with Crippen LogP contribution < -0.4 is 4.90 Å². The zero-order valence-corrected chi connectivity index (χ0v) is 14.8. The van der Waals surface area contributed by atoms with Gasteiger partial charge >= 0.3 is 0 Å². The summed E-state index contributed by atoms with van der Waals surface area (Å²) in [5, 5.41) is 17.4. The molecular formula is C17H15ClN8. The Bertz CT molecular complexity index is 1080. The molecule has 4 heterocycles. The Hall–Kier alpha value is -2.87. The molecule has 0 bridgehead atoms. The lowest BCUT2D eigenvalue weighted by Crippen LogP contribution is -2.29. The number of rotatable bonds is 2. The summed E-state index contributed by atoms with van der Waals surface area (Å²) in [6, 6.07) is 8.15. The molecule has 0 saturated heterocycles. The summed E-state index contributed by atoms with van der Waals surface area (Å²) in [5.74, 6) is 2.34. The van der Waals surface area contributed by atoms with Gasteiger partial charge in [-0.15, -0.1) is 15.3 Å². The number of halogens is 1. The molecular weight excluding hydrogens is 352 g/mol. The van der Waals surface area contributed by atoms with Crippen LogP contribution >= 0.6 is 11.8 Å². The van der Waals surface area contributed by atoms with Crippen molar-refractivity contribution in [2.24, 2.45) is 0 Å². The third-order valence-corrected chi connectivity index (χ3v) is 5.68. The molecule has 0 N–H and O–H groups in total. The Kier molecular flexibility index (Phi) is 2.56. The van der Waals surface area contributed by atoms with E-state index in [1.54, 1.807) is 4.42 Å². The maximum atomic E-state index is 6.30. The number of hydrogen-bond acceptors (Lipinski definition) is 6. The highest BCUT2D eigenvalue weighted by molar-refractivity contribution is 6.15. The van der Waals surface area contributed by atoms with Crippen molar-refractivity contribution < 1.29 is 0 Å². The topological polar surface area (TPSA) is 67.9 Å². The van der Waals surface area contributed by atoms with Crippen LogP contribution in [0.15, 0.2) is 36.7 Å². The molecule has 130 valence electrons. The fourth-order valence-corrected chi connectivity index (χ4v) is 3.95. The van der Waals surface area contributed by atoms with Gasteiger partial charge in [0.2, 0.25) is 0 Å². The highest BCUT2D eigenvalue weighted by atomic mass is 35.5. The Morgan fingerprint density at radius 1 is 1.15 bits per heavy atom.